The van der Waals surface area contributed by atoms with Crippen LogP contribution in [0.25, 0.3) is 10.9 Å². The van der Waals surface area contributed by atoms with Gasteiger partial charge in [0.1, 0.15) is 0 Å². The van der Waals surface area contributed by atoms with Gasteiger partial charge in [-0.05, 0) is 55.4 Å². The van der Waals surface area contributed by atoms with Crippen LogP contribution in [0, 0.1) is 6.92 Å². The molecule has 4 nitrogen and oxygen atoms in total. The lowest BCUT2D eigenvalue weighted by molar-refractivity contribution is 0.731. The average Bonchev–Trinajstić information content (AvgIpc) is 2.97. The normalized spacial score (nSPS) is 11.4. The molecule has 6 heteroatoms. The van der Waals surface area contributed by atoms with Crippen molar-refractivity contribution in [2.24, 2.45) is 4.99 Å². The smallest absolute Gasteiger partial charge is 0.190 e. The lowest BCUT2D eigenvalue weighted by Gasteiger charge is -2.11. The Morgan fingerprint density at radius 3 is 2.75 bits per heavy atom. The fourth-order valence-corrected chi connectivity index (χ4v) is 3.26. The number of rotatable bonds is 8. The molecule has 1 aromatic heterocycles. The van der Waals surface area contributed by atoms with E-state index in [4.69, 9.17) is 0 Å². The Labute approximate surface area is 166 Å². The van der Waals surface area contributed by atoms with E-state index in [1.807, 2.05) is 18.8 Å². The van der Waals surface area contributed by atoms with Crippen molar-refractivity contribution in [1.29, 1.82) is 0 Å². The SMILES string of the molecule is CN=C(NCCCCSC)NCCc1c[nH]c2cccc(C)c12.I. The number of halogens is 1. The standard InChI is InChI=1S/C18H28N4S.HI/c1-14-7-6-8-16-17(14)15(13-22-16)9-11-21-18(19-2)20-10-4-5-12-23-3;/h6-8,13,22H,4-5,9-12H2,1-3H3,(H2,19,20,21);1H. The van der Waals surface area contributed by atoms with E-state index in [0.717, 1.165) is 25.5 Å². The van der Waals surface area contributed by atoms with Gasteiger partial charge in [-0.25, -0.2) is 0 Å². The van der Waals surface area contributed by atoms with Crippen LogP contribution in [0.4, 0.5) is 0 Å². The molecule has 0 amide bonds. The predicted molar refractivity (Wildman–Crippen MR) is 119 cm³/mol. The Bertz CT molecular complexity index is 639. The van der Waals surface area contributed by atoms with Crippen LogP contribution in [0.1, 0.15) is 24.0 Å². The summed E-state index contributed by atoms with van der Waals surface area (Å²) in [4.78, 5) is 7.65. The van der Waals surface area contributed by atoms with Gasteiger partial charge in [-0.2, -0.15) is 11.8 Å². The zero-order valence-electron chi connectivity index (χ0n) is 14.8. The summed E-state index contributed by atoms with van der Waals surface area (Å²) in [5, 5.41) is 8.14. The minimum atomic E-state index is 0. The van der Waals surface area contributed by atoms with E-state index < -0.39 is 0 Å². The third-order valence-electron chi connectivity index (χ3n) is 3.97. The summed E-state index contributed by atoms with van der Waals surface area (Å²) in [5.74, 6) is 2.12. The number of fused-ring (bicyclic) bond motifs is 1. The molecule has 134 valence electrons. The highest BCUT2D eigenvalue weighted by Gasteiger charge is 2.06. The van der Waals surface area contributed by atoms with Crippen LogP contribution >= 0.6 is 35.7 Å². The monoisotopic (exact) mass is 460 g/mol. The van der Waals surface area contributed by atoms with Crippen molar-refractivity contribution < 1.29 is 0 Å². The van der Waals surface area contributed by atoms with Gasteiger partial charge >= 0.3 is 0 Å². The number of aromatic nitrogens is 1. The molecule has 3 N–H and O–H groups in total. The number of H-pyrrole nitrogens is 1. The van der Waals surface area contributed by atoms with Crippen LogP contribution in [0.15, 0.2) is 29.4 Å². The molecule has 2 aromatic rings. The Hall–Kier alpha value is -0.890. The number of guanidine groups is 1. The molecule has 0 saturated carbocycles. The molecule has 0 saturated heterocycles. The summed E-state index contributed by atoms with van der Waals surface area (Å²) in [7, 11) is 1.83. The van der Waals surface area contributed by atoms with Crippen LogP contribution in [-0.2, 0) is 6.42 Å². The predicted octanol–water partition coefficient (Wildman–Crippen LogP) is 3.95. The van der Waals surface area contributed by atoms with Crippen molar-refractivity contribution in [2.75, 3.05) is 32.1 Å². The van der Waals surface area contributed by atoms with Crippen molar-refractivity contribution in [3.63, 3.8) is 0 Å². The number of thioether (sulfide) groups is 1. The van der Waals surface area contributed by atoms with Crippen LogP contribution in [-0.4, -0.2) is 43.1 Å². The maximum atomic E-state index is 4.29. The van der Waals surface area contributed by atoms with Gasteiger partial charge in [-0.1, -0.05) is 12.1 Å². The summed E-state index contributed by atoms with van der Waals surface area (Å²) in [6.07, 6.45) is 7.69. The van der Waals surface area contributed by atoms with Crippen LogP contribution in [0.3, 0.4) is 0 Å². The van der Waals surface area contributed by atoms with Gasteiger partial charge in [0.2, 0.25) is 0 Å². The van der Waals surface area contributed by atoms with Gasteiger partial charge in [-0.15, -0.1) is 24.0 Å². The highest BCUT2D eigenvalue weighted by molar-refractivity contribution is 14.0. The first kappa shape index (κ1) is 21.2. The molecule has 2 rings (SSSR count). The van der Waals surface area contributed by atoms with Gasteiger partial charge in [0, 0.05) is 37.2 Å². The highest BCUT2D eigenvalue weighted by atomic mass is 127. The molecule has 0 unspecified atom stereocenters. The van der Waals surface area contributed by atoms with Crippen LogP contribution < -0.4 is 10.6 Å². The number of unbranched alkanes of at least 4 members (excludes halogenated alkanes) is 1. The number of benzene rings is 1. The highest BCUT2D eigenvalue weighted by Crippen LogP contribution is 2.22. The van der Waals surface area contributed by atoms with Gasteiger partial charge in [0.25, 0.3) is 0 Å². The van der Waals surface area contributed by atoms with Crippen molar-refractivity contribution in [1.82, 2.24) is 15.6 Å². The van der Waals surface area contributed by atoms with Crippen molar-refractivity contribution in [3.05, 3.63) is 35.5 Å². The first-order chi connectivity index (χ1) is 11.3. The van der Waals surface area contributed by atoms with Crippen molar-refractivity contribution in [2.45, 2.75) is 26.2 Å². The van der Waals surface area contributed by atoms with Crippen LogP contribution in [0.2, 0.25) is 0 Å². The molecule has 0 aliphatic rings. The fourth-order valence-electron chi connectivity index (χ4n) is 2.76. The summed E-state index contributed by atoms with van der Waals surface area (Å²) in [6.45, 7) is 4.03. The third kappa shape index (κ3) is 6.20. The summed E-state index contributed by atoms with van der Waals surface area (Å²) < 4.78 is 0. The maximum Gasteiger partial charge on any atom is 0.190 e. The first-order valence-electron chi connectivity index (χ1n) is 8.25. The number of nitrogens with one attached hydrogen (secondary N) is 3. The van der Waals surface area contributed by atoms with Crippen molar-refractivity contribution in [3.8, 4) is 0 Å². The molecule has 0 spiro atoms. The Morgan fingerprint density at radius 1 is 1.21 bits per heavy atom. The first-order valence-corrected chi connectivity index (χ1v) is 9.64. The Kier molecular flexibility index (Phi) is 10.2. The van der Waals surface area contributed by atoms with Gasteiger partial charge in [0.15, 0.2) is 5.96 Å². The summed E-state index contributed by atoms with van der Waals surface area (Å²) >= 11 is 1.90. The van der Waals surface area contributed by atoms with Crippen LogP contribution in [0.5, 0.6) is 0 Å². The van der Waals surface area contributed by atoms with E-state index >= 15 is 0 Å². The molecular weight excluding hydrogens is 431 g/mol. The Morgan fingerprint density at radius 2 is 2.00 bits per heavy atom. The minimum Gasteiger partial charge on any atom is -0.361 e. The zero-order valence-corrected chi connectivity index (χ0v) is 18.0. The maximum absolute atomic E-state index is 4.29. The molecule has 0 fully saturated rings. The largest absolute Gasteiger partial charge is 0.361 e. The second-order valence-electron chi connectivity index (χ2n) is 5.69. The van der Waals surface area contributed by atoms with Gasteiger partial charge in [0.05, 0.1) is 0 Å². The fraction of sp³-hybridized carbons (Fsp3) is 0.500. The van der Waals surface area contributed by atoms with Crippen molar-refractivity contribution >= 4 is 52.6 Å². The van der Waals surface area contributed by atoms with E-state index in [9.17, 15) is 0 Å². The molecule has 0 radical (unpaired) electrons. The molecule has 0 aliphatic heterocycles. The molecule has 0 atom stereocenters. The molecule has 1 heterocycles. The van der Waals surface area contributed by atoms with E-state index in [0.29, 0.717) is 0 Å². The summed E-state index contributed by atoms with van der Waals surface area (Å²) in [5.41, 5.74) is 3.91. The van der Waals surface area contributed by atoms with Gasteiger partial charge in [-0.3, -0.25) is 4.99 Å². The lowest BCUT2D eigenvalue weighted by atomic mass is 10.1. The molecule has 0 aliphatic carbocycles. The number of hydrogen-bond donors (Lipinski definition) is 3. The van der Waals surface area contributed by atoms with E-state index in [1.54, 1.807) is 0 Å². The number of hydrogen-bond acceptors (Lipinski definition) is 2. The topological polar surface area (TPSA) is 52.2 Å². The quantitative estimate of drug-likeness (QED) is 0.242. The zero-order chi connectivity index (χ0) is 16.5. The number of aromatic amines is 1. The second-order valence-corrected chi connectivity index (χ2v) is 6.67. The second kappa shape index (κ2) is 11.6. The number of aliphatic imine (C=N–C) groups is 1. The van der Waals surface area contributed by atoms with Gasteiger partial charge < -0.3 is 15.6 Å². The lowest BCUT2D eigenvalue weighted by Crippen LogP contribution is -2.38. The van der Waals surface area contributed by atoms with E-state index in [2.05, 4.69) is 58.2 Å². The average molecular weight is 460 g/mol. The molecular formula is C18H29IN4S. The number of aryl methyl sites for hydroxylation is 1. The number of nitrogens with zero attached hydrogens (tertiary/aromatic N) is 1. The minimum absolute atomic E-state index is 0. The molecule has 24 heavy (non-hydrogen) atoms. The molecule has 1 aromatic carbocycles. The Balaban J connectivity index is 0.00000288. The molecule has 0 bridgehead atoms. The summed E-state index contributed by atoms with van der Waals surface area (Å²) in [6, 6.07) is 6.40. The van der Waals surface area contributed by atoms with E-state index in [-0.39, 0.29) is 24.0 Å². The third-order valence-corrected chi connectivity index (χ3v) is 4.67. The van der Waals surface area contributed by atoms with E-state index in [1.165, 1.54) is 40.6 Å².